The van der Waals surface area contributed by atoms with Gasteiger partial charge in [-0.3, -0.25) is 9.59 Å². The van der Waals surface area contributed by atoms with Crippen molar-refractivity contribution in [3.05, 3.63) is 77.9 Å². The van der Waals surface area contributed by atoms with Gasteiger partial charge in [0.05, 0.1) is 12.0 Å². The molecule has 0 unspecified atom stereocenters. The molecule has 5 heteroatoms. The molecule has 5 nitrogen and oxygen atoms in total. The first-order chi connectivity index (χ1) is 11.7. The molecule has 24 heavy (non-hydrogen) atoms. The Bertz CT molecular complexity index is 870. The number of rotatable bonds is 5. The van der Waals surface area contributed by atoms with Crippen LogP contribution in [0, 0.1) is 0 Å². The lowest BCUT2D eigenvalue weighted by Gasteiger charge is -2.12. The molecule has 0 saturated heterocycles. The highest BCUT2D eigenvalue weighted by molar-refractivity contribution is 5.95. The van der Waals surface area contributed by atoms with Gasteiger partial charge in [-0.1, -0.05) is 24.3 Å². The number of nitrogens with one attached hydrogen (secondary N) is 1. The van der Waals surface area contributed by atoms with E-state index in [1.165, 1.54) is 6.92 Å². The van der Waals surface area contributed by atoms with Crippen molar-refractivity contribution < 1.29 is 9.59 Å². The van der Waals surface area contributed by atoms with Gasteiger partial charge in [-0.25, -0.2) is 4.98 Å². The smallest absolute Gasteiger partial charge is 0.221 e. The number of aromatic nitrogens is 2. The number of imidazole rings is 1. The van der Waals surface area contributed by atoms with E-state index in [4.69, 9.17) is 0 Å². The first-order valence-electron chi connectivity index (χ1n) is 7.59. The monoisotopic (exact) mass is 319 g/mol. The van der Waals surface area contributed by atoms with Crippen LogP contribution < -0.4 is 5.32 Å². The average Bonchev–Trinajstić information content (AvgIpc) is 3.10. The maximum atomic E-state index is 11.3. The molecule has 1 N–H and O–H groups in total. The molecule has 0 spiro atoms. The summed E-state index contributed by atoms with van der Waals surface area (Å²) in [4.78, 5) is 26.6. The summed E-state index contributed by atoms with van der Waals surface area (Å²) < 4.78 is 1.96. The predicted octanol–water partition coefficient (Wildman–Crippen LogP) is 3.23. The number of para-hydroxylation sites is 1. The number of hydrogen-bond acceptors (Lipinski definition) is 3. The van der Waals surface area contributed by atoms with Gasteiger partial charge < -0.3 is 9.88 Å². The lowest BCUT2D eigenvalue weighted by Crippen LogP contribution is -2.08. The third-order valence-corrected chi connectivity index (χ3v) is 3.72. The van der Waals surface area contributed by atoms with Crippen LogP contribution in [0.5, 0.6) is 0 Å². The molecular formula is C19H17N3O2. The molecule has 0 atom stereocenters. The first-order valence-corrected chi connectivity index (χ1v) is 7.59. The van der Waals surface area contributed by atoms with Gasteiger partial charge in [0.1, 0.15) is 0 Å². The van der Waals surface area contributed by atoms with Gasteiger partial charge in [-0.15, -0.1) is 0 Å². The van der Waals surface area contributed by atoms with Gasteiger partial charge in [0.15, 0.2) is 6.29 Å². The second-order valence-corrected chi connectivity index (χ2v) is 5.50. The van der Waals surface area contributed by atoms with Crippen molar-refractivity contribution in [3.63, 3.8) is 0 Å². The number of anilines is 1. The Morgan fingerprint density at radius 3 is 2.79 bits per heavy atom. The van der Waals surface area contributed by atoms with Crippen LogP contribution in [0.2, 0.25) is 0 Å². The largest absolute Gasteiger partial charge is 0.326 e. The molecule has 120 valence electrons. The number of hydrogen-bond donors (Lipinski definition) is 1. The van der Waals surface area contributed by atoms with Crippen LogP contribution in [0.25, 0.3) is 5.69 Å². The van der Waals surface area contributed by atoms with E-state index in [-0.39, 0.29) is 5.91 Å². The summed E-state index contributed by atoms with van der Waals surface area (Å²) in [5.74, 6) is -0.198. The van der Waals surface area contributed by atoms with Gasteiger partial charge in [0.25, 0.3) is 0 Å². The lowest BCUT2D eigenvalue weighted by molar-refractivity contribution is -0.114. The van der Waals surface area contributed by atoms with Crippen LogP contribution in [-0.4, -0.2) is 21.7 Å². The molecule has 0 bridgehead atoms. The Hall–Kier alpha value is -3.21. The van der Waals surface area contributed by atoms with Gasteiger partial charge in [-0.05, 0) is 35.7 Å². The summed E-state index contributed by atoms with van der Waals surface area (Å²) in [5.41, 5.74) is 4.18. The van der Waals surface area contributed by atoms with Crippen LogP contribution >= 0.6 is 0 Å². The molecule has 0 saturated carbocycles. The Balaban J connectivity index is 1.92. The van der Waals surface area contributed by atoms with Crippen LogP contribution in [-0.2, 0) is 11.2 Å². The van der Waals surface area contributed by atoms with E-state index in [0.29, 0.717) is 17.7 Å². The van der Waals surface area contributed by atoms with Gasteiger partial charge in [0, 0.05) is 30.6 Å². The molecule has 0 fully saturated rings. The van der Waals surface area contributed by atoms with Crippen LogP contribution in [0.4, 0.5) is 5.69 Å². The molecular weight excluding hydrogens is 302 g/mol. The third kappa shape index (κ3) is 3.41. The Morgan fingerprint density at radius 2 is 2.08 bits per heavy atom. The van der Waals surface area contributed by atoms with E-state index in [2.05, 4.69) is 16.4 Å². The van der Waals surface area contributed by atoms with Gasteiger partial charge >= 0.3 is 0 Å². The average molecular weight is 319 g/mol. The van der Waals surface area contributed by atoms with Crippen molar-refractivity contribution in [2.75, 3.05) is 5.32 Å². The number of carbonyl (C=O) groups excluding carboxylic acids is 2. The van der Waals surface area contributed by atoms with Crippen molar-refractivity contribution in [3.8, 4) is 5.69 Å². The van der Waals surface area contributed by atoms with Crippen molar-refractivity contribution in [1.82, 2.24) is 9.55 Å². The van der Waals surface area contributed by atoms with Crippen molar-refractivity contribution >= 4 is 17.9 Å². The number of benzene rings is 2. The fraction of sp³-hybridized carbons (Fsp3) is 0.105. The Morgan fingerprint density at radius 1 is 1.25 bits per heavy atom. The van der Waals surface area contributed by atoms with Crippen molar-refractivity contribution in [2.24, 2.45) is 0 Å². The second kappa shape index (κ2) is 6.91. The summed E-state index contributed by atoms with van der Waals surface area (Å²) in [6.45, 7) is 1.42. The maximum absolute atomic E-state index is 11.3. The van der Waals surface area contributed by atoms with Gasteiger partial charge in [-0.2, -0.15) is 0 Å². The normalized spacial score (nSPS) is 10.4. The standard InChI is InChI=1S/C19H17N3O2/c1-14(24)21-18-7-6-15(11-17(18)12-23)10-16-4-2-3-5-19(16)22-9-8-20-13-22/h2-9,11-13H,10H2,1H3,(H,21,24). The molecule has 3 aromatic rings. The third-order valence-electron chi connectivity index (χ3n) is 3.72. The van der Waals surface area contributed by atoms with E-state index in [1.54, 1.807) is 18.6 Å². The number of carbonyl (C=O) groups is 2. The summed E-state index contributed by atoms with van der Waals surface area (Å²) in [6, 6.07) is 13.5. The Labute approximate surface area is 140 Å². The zero-order chi connectivity index (χ0) is 16.9. The Kier molecular flexibility index (Phi) is 4.52. The lowest BCUT2D eigenvalue weighted by atomic mass is 10.0. The van der Waals surface area contributed by atoms with Crippen LogP contribution in [0.15, 0.2) is 61.2 Å². The number of amides is 1. The molecule has 0 aliphatic heterocycles. The second-order valence-electron chi connectivity index (χ2n) is 5.50. The minimum atomic E-state index is -0.198. The van der Waals surface area contributed by atoms with E-state index < -0.39 is 0 Å². The van der Waals surface area contributed by atoms with Crippen molar-refractivity contribution in [2.45, 2.75) is 13.3 Å². The minimum absolute atomic E-state index is 0.198. The summed E-state index contributed by atoms with van der Waals surface area (Å²) in [5, 5.41) is 2.67. The van der Waals surface area contributed by atoms with E-state index in [1.807, 2.05) is 41.1 Å². The zero-order valence-electron chi connectivity index (χ0n) is 13.3. The highest BCUT2D eigenvalue weighted by Crippen LogP contribution is 2.21. The first kappa shape index (κ1) is 15.7. The predicted molar refractivity (Wildman–Crippen MR) is 92.5 cm³/mol. The van der Waals surface area contributed by atoms with Crippen LogP contribution in [0.1, 0.15) is 28.4 Å². The summed E-state index contributed by atoms with van der Waals surface area (Å²) >= 11 is 0. The van der Waals surface area contributed by atoms with Crippen molar-refractivity contribution in [1.29, 1.82) is 0 Å². The quantitative estimate of drug-likeness (QED) is 0.734. The maximum Gasteiger partial charge on any atom is 0.221 e. The highest BCUT2D eigenvalue weighted by atomic mass is 16.1. The van der Waals surface area contributed by atoms with E-state index in [0.717, 1.165) is 23.1 Å². The molecule has 0 radical (unpaired) electrons. The molecule has 1 amide bonds. The highest BCUT2D eigenvalue weighted by Gasteiger charge is 2.08. The topological polar surface area (TPSA) is 64.0 Å². The fourth-order valence-corrected chi connectivity index (χ4v) is 2.66. The zero-order valence-corrected chi connectivity index (χ0v) is 13.3. The number of aldehydes is 1. The minimum Gasteiger partial charge on any atom is -0.326 e. The molecule has 0 aliphatic carbocycles. The molecule has 3 rings (SSSR count). The summed E-state index contributed by atoms with van der Waals surface area (Å²) in [7, 11) is 0. The SMILES string of the molecule is CC(=O)Nc1ccc(Cc2ccccc2-n2ccnc2)cc1C=O. The summed E-state index contributed by atoms with van der Waals surface area (Å²) in [6.07, 6.45) is 6.83. The fourth-order valence-electron chi connectivity index (χ4n) is 2.66. The number of nitrogens with zero attached hydrogens (tertiary/aromatic N) is 2. The molecule has 1 aromatic heterocycles. The van der Waals surface area contributed by atoms with E-state index in [9.17, 15) is 9.59 Å². The molecule has 1 heterocycles. The van der Waals surface area contributed by atoms with E-state index >= 15 is 0 Å². The molecule has 2 aromatic carbocycles. The molecule has 0 aliphatic rings. The van der Waals surface area contributed by atoms with Crippen LogP contribution in [0.3, 0.4) is 0 Å². The van der Waals surface area contributed by atoms with Gasteiger partial charge in [0.2, 0.25) is 5.91 Å².